The van der Waals surface area contributed by atoms with Gasteiger partial charge in [0.1, 0.15) is 11.8 Å². The highest BCUT2D eigenvalue weighted by molar-refractivity contribution is 7.99. The van der Waals surface area contributed by atoms with Gasteiger partial charge in [-0.15, -0.1) is 0 Å². The molecule has 2 fully saturated rings. The fourth-order valence-corrected chi connectivity index (χ4v) is 3.79. The molecule has 0 saturated heterocycles. The molecule has 5 heteroatoms. The summed E-state index contributed by atoms with van der Waals surface area (Å²) in [6.45, 7) is 0. The normalized spacial score (nSPS) is 32.1. The number of nitriles is 1. The van der Waals surface area contributed by atoms with Crippen LogP contribution in [0.5, 0.6) is 0 Å². The highest BCUT2D eigenvalue weighted by atomic mass is 32.2. The van der Waals surface area contributed by atoms with E-state index >= 15 is 0 Å². The highest BCUT2D eigenvalue weighted by Crippen LogP contribution is 2.39. The lowest BCUT2D eigenvalue weighted by Gasteiger charge is -2.35. The fourth-order valence-electron chi connectivity index (χ4n) is 2.62. The van der Waals surface area contributed by atoms with Crippen molar-refractivity contribution in [3.63, 3.8) is 0 Å². The molecule has 18 heavy (non-hydrogen) atoms. The zero-order valence-electron chi connectivity index (χ0n) is 10.3. The van der Waals surface area contributed by atoms with Gasteiger partial charge < -0.3 is 4.42 Å². The van der Waals surface area contributed by atoms with Crippen molar-refractivity contribution in [3.8, 4) is 6.07 Å². The molecule has 0 aliphatic heterocycles. The van der Waals surface area contributed by atoms with E-state index in [9.17, 15) is 5.26 Å². The topological polar surface area (TPSA) is 61.9 Å². The molecule has 1 heterocycles. The van der Waals surface area contributed by atoms with Crippen molar-refractivity contribution in [1.29, 1.82) is 5.26 Å². The minimum Gasteiger partial charge on any atom is -0.440 e. The number of nitrogens with zero attached hydrogens (tertiary/aromatic N) is 2. The Morgan fingerprint density at radius 2 is 2.39 bits per heavy atom. The highest BCUT2D eigenvalue weighted by Gasteiger charge is 2.41. The predicted molar refractivity (Wildman–Crippen MR) is 69.1 cm³/mol. The van der Waals surface area contributed by atoms with Crippen LogP contribution >= 0.6 is 11.8 Å². The van der Waals surface area contributed by atoms with Crippen LogP contribution in [-0.4, -0.2) is 21.8 Å². The van der Waals surface area contributed by atoms with Crippen LogP contribution in [0.4, 0.5) is 0 Å². The molecule has 0 radical (unpaired) electrons. The van der Waals surface area contributed by atoms with Crippen molar-refractivity contribution in [2.24, 2.45) is 0 Å². The Kier molecular flexibility index (Phi) is 3.31. The van der Waals surface area contributed by atoms with Crippen LogP contribution in [0.3, 0.4) is 0 Å². The second kappa shape index (κ2) is 4.94. The summed E-state index contributed by atoms with van der Waals surface area (Å²) in [4.78, 5) is 4.15. The van der Waals surface area contributed by atoms with Gasteiger partial charge in [0, 0.05) is 11.3 Å². The summed E-state index contributed by atoms with van der Waals surface area (Å²) in [5.74, 6) is 0. The molecule has 0 aromatic carbocycles. The molecule has 1 N–H and O–H groups in total. The minimum atomic E-state index is -0.316. The number of oxazole rings is 1. The predicted octanol–water partition coefficient (Wildman–Crippen LogP) is 2.72. The second-order valence-electron chi connectivity index (χ2n) is 5.25. The van der Waals surface area contributed by atoms with Gasteiger partial charge in [-0.1, -0.05) is 11.8 Å². The quantitative estimate of drug-likeness (QED) is 0.905. The summed E-state index contributed by atoms with van der Waals surface area (Å²) < 4.78 is 5.28. The average molecular weight is 263 g/mol. The molecule has 0 amide bonds. The third-order valence-electron chi connectivity index (χ3n) is 3.65. The summed E-state index contributed by atoms with van der Waals surface area (Å²) in [6.07, 6.45) is 9.84. The van der Waals surface area contributed by atoms with Crippen LogP contribution in [0, 0.1) is 11.3 Å². The van der Waals surface area contributed by atoms with E-state index in [4.69, 9.17) is 4.42 Å². The molecule has 1 aromatic heterocycles. The Bertz CT molecular complexity index is 438. The van der Waals surface area contributed by atoms with Crippen molar-refractivity contribution < 1.29 is 4.42 Å². The van der Waals surface area contributed by atoms with Gasteiger partial charge in [0.2, 0.25) is 0 Å². The fraction of sp³-hybridized carbons (Fsp3) is 0.692. The van der Waals surface area contributed by atoms with E-state index in [1.807, 2.05) is 0 Å². The maximum atomic E-state index is 9.50. The van der Waals surface area contributed by atoms with Crippen molar-refractivity contribution in [3.05, 3.63) is 12.5 Å². The monoisotopic (exact) mass is 263 g/mol. The van der Waals surface area contributed by atoms with Crippen molar-refractivity contribution in [2.75, 3.05) is 0 Å². The van der Waals surface area contributed by atoms with E-state index in [1.54, 1.807) is 24.2 Å². The molecule has 2 aliphatic carbocycles. The van der Waals surface area contributed by atoms with Gasteiger partial charge in [0.15, 0.2) is 0 Å². The Labute approximate surface area is 111 Å². The molecule has 1 aromatic rings. The van der Waals surface area contributed by atoms with E-state index in [0.29, 0.717) is 11.3 Å². The van der Waals surface area contributed by atoms with E-state index in [0.717, 1.165) is 30.9 Å². The first-order chi connectivity index (χ1) is 8.80. The van der Waals surface area contributed by atoms with Crippen molar-refractivity contribution in [2.45, 2.75) is 60.6 Å². The van der Waals surface area contributed by atoms with E-state index in [-0.39, 0.29) is 5.54 Å². The Morgan fingerprint density at radius 3 is 3.06 bits per heavy atom. The number of nitrogens with one attached hydrogen (secondary N) is 1. The lowest BCUT2D eigenvalue weighted by atomic mass is 9.82. The first-order valence-electron chi connectivity index (χ1n) is 6.55. The number of thioether (sulfide) groups is 1. The van der Waals surface area contributed by atoms with Gasteiger partial charge in [0.05, 0.1) is 12.3 Å². The molecule has 2 aliphatic rings. The third kappa shape index (κ3) is 2.70. The molecule has 2 unspecified atom stereocenters. The molecule has 2 saturated carbocycles. The van der Waals surface area contributed by atoms with Crippen LogP contribution in [0.25, 0.3) is 0 Å². The van der Waals surface area contributed by atoms with Gasteiger partial charge in [-0.2, -0.15) is 5.26 Å². The SMILES string of the molecule is N#CC1(NC2CC2)CCCC(Sc2ncco2)C1. The molecule has 96 valence electrons. The smallest absolute Gasteiger partial charge is 0.255 e. The number of rotatable bonds is 4. The molecule has 3 rings (SSSR count). The van der Waals surface area contributed by atoms with Gasteiger partial charge >= 0.3 is 0 Å². The molecule has 0 bridgehead atoms. The maximum Gasteiger partial charge on any atom is 0.255 e. The average Bonchev–Trinajstić information content (AvgIpc) is 3.03. The van der Waals surface area contributed by atoms with E-state index < -0.39 is 0 Å². The summed E-state index contributed by atoms with van der Waals surface area (Å²) >= 11 is 1.67. The first kappa shape index (κ1) is 12.1. The molecule has 0 spiro atoms. The second-order valence-corrected chi connectivity index (χ2v) is 6.50. The van der Waals surface area contributed by atoms with Crippen LogP contribution < -0.4 is 5.32 Å². The lowest BCUT2D eigenvalue weighted by molar-refractivity contribution is 0.300. The van der Waals surface area contributed by atoms with Gasteiger partial charge in [-0.3, -0.25) is 5.32 Å². The van der Waals surface area contributed by atoms with Gasteiger partial charge in [-0.05, 0) is 38.5 Å². The zero-order chi connectivity index (χ0) is 12.4. The number of hydrogen-bond donors (Lipinski definition) is 1. The minimum absolute atomic E-state index is 0.316. The number of hydrogen-bond acceptors (Lipinski definition) is 5. The summed E-state index contributed by atoms with van der Waals surface area (Å²) in [5.41, 5.74) is -0.316. The Balaban J connectivity index is 1.64. The maximum absolute atomic E-state index is 9.50. The molecular weight excluding hydrogens is 246 g/mol. The third-order valence-corrected chi connectivity index (χ3v) is 4.79. The van der Waals surface area contributed by atoms with Crippen LogP contribution in [0.1, 0.15) is 38.5 Å². The summed E-state index contributed by atoms with van der Waals surface area (Å²) in [5, 5.41) is 14.2. The Hall–Kier alpha value is -0.990. The zero-order valence-corrected chi connectivity index (χ0v) is 11.1. The van der Waals surface area contributed by atoms with Crippen LogP contribution in [0.2, 0.25) is 0 Å². The van der Waals surface area contributed by atoms with Crippen LogP contribution in [-0.2, 0) is 0 Å². The standard InChI is InChI=1S/C13H17N3OS/c14-9-13(16-10-3-4-10)5-1-2-11(8-13)18-12-15-6-7-17-12/h6-7,10-11,16H,1-5,8H2. The van der Waals surface area contributed by atoms with Crippen LogP contribution in [0.15, 0.2) is 22.1 Å². The summed E-state index contributed by atoms with van der Waals surface area (Å²) in [6, 6.07) is 3.10. The molecular formula is C13H17N3OS. The molecule has 2 atom stereocenters. The van der Waals surface area contributed by atoms with Crippen molar-refractivity contribution >= 4 is 11.8 Å². The summed E-state index contributed by atoms with van der Waals surface area (Å²) in [7, 11) is 0. The van der Waals surface area contributed by atoms with E-state index in [2.05, 4.69) is 16.4 Å². The lowest BCUT2D eigenvalue weighted by Crippen LogP contribution is -2.49. The van der Waals surface area contributed by atoms with Gasteiger partial charge in [0.25, 0.3) is 5.22 Å². The first-order valence-corrected chi connectivity index (χ1v) is 7.43. The van der Waals surface area contributed by atoms with E-state index in [1.165, 1.54) is 12.8 Å². The largest absolute Gasteiger partial charge is 0.440 e. The van der Waals surface area contributed by atoms with Gasteiger partial charge in [-0.25, -0.2) is 4.98 Å². The molecule has 4 nitrogen and oxygen atoms in total. The van der Waals surface area contributed by atoms with Crippen molar-refractivity contribution in [1.82, 2.24) is 10.3 Å². The Morgan fingerprint density at radius 1 is 1.50 bits per heavy atom. The number of aromatic nitrogens is 1.